The second kappa shape index (κ2) is 6.34. The molecular weight excluding hydrogens is 264 g/mol. The molecule has 2 heterocycles. The molecule has 0 spiro atoms. The summed E-state index contributed by atoms with van der Waals surface area (Å²) in [4.78, 5) is 18.7. The zero-order valence-electron chi connectivity index (χ0n) is 11.6. The number of hydrogen-bond donors (Lipinski definition) is 0. The molecule has 1 aromatic rings. The fourth-order valence-electron chi connectivity index (χ4n) is 2.22. The Morgan fingerprint density at radius 1 is 1.53 bits per heavy atom. The number of thiazole rings is 1. The van der Waals surface area contributed by atoms with Crippen molar-refractivity contribution >= 4 is 22.4 Å². The van der Waals surface area contributed by atoms with Gasteiger partial charge in [-0.1, -0.05) is 11.3 Å². The van der Waals surface area contributed by atoms with Crippen LogP contribution < -0.4 is 4.90 Å². The van der Waals surface area contributed by atoms with Crippen molar-refractivity contribution in [3.05, 3.63) is 10.6 Å². The van der Waals surface area contributed by atoms with Crippen molar-refractivity contribution in [2.45, 2.75) is 19.8 Å². The van der Waals surface area contributed by atoms with Gasteiger partial charge in [0, 0.05) is 26.8 Å². The lowest BCUT2D eigenvalue weighted by atomic mass is 10.0. The normalized spacial score (nSPS) is 16.4. The minimum Gasteiger partial charge on any atom is -0.465 e. The van der Waals surface area contributed by atoms with E-state index in [0.29, 0.717) is 10.8 Å². The van der Waals surface area contributed by atoms with Crippen LogP contribution in [0.25, 0.3) is 0 Å². The van der Waals surface area contributed by atoms with Gasteiger partial charge in [0.25, 0.3) is 0 Å². The molecule has 19 heavy (non-hydrogen) atoms. The molecule has 0 N–H and O–H groups in total. The van der Waals surface area contributed by atoms with Crippen LogP contribution >= 0.6 is 11.3 Å². The summed E-state index contributed by atoms with van der Waals surface area (Å²) in [6, 6.07) is 0. The lowest BCUT2D eigenvalue weighted by Gasteiger charge is -2.26. The van der Waals surface area contributed by atoms with Crippen LogP contribution in [-0.4, -0.2) is 44.9 Å². The Hall–Kier alpha value is -1.14. The Labute approximate surface area is 117 Å². The molecule has 1 saturated heterocycles. The Morgan fingerprint density at radius 3 is 2.84 bits per heavy atom. The van der Waals surface area contributed by atoms with Crippen LogP contribution in [0, 0.1) is 12.8 Å². The summed E-state index contributed by atoms with van der Waals surface area (Å²) >= 11 is 1.40. The highest BCUT2D eigenvalue weighted by atomic mass is 32.1. The molecular formula is C13H20N2O3S. The van der Waals surface area contributed by atoms with Crippen molar-refractivity contribution in [1.29, 1.82) is 0 Å². The van der Waals surface area contributed by atoms with Crippen molar-refractivity contribution in [2.24, 2.45) is 5.92 Å². The second-order valence-corrected chi connectivity index (χ2v) is 5.82. The second-order valence-electron chi connectivity index (χ2n) is 4.84. The number of methoxy groups -OCH3 is 1. The van der Waals surface area contributed by atoms with E-state index < -0.39 is 0 Å². The lowest BCUT2D eigenvalue weighted by Crippen LogP contribution is -2.29. The van der Waals surface area contributed by atoms with E-state index >= 15 is 0 Å². The maximum absolute atomic E-state index is 11.6. The quantitative estimate of drug-likeness (QED) is 0.793. The van der Waals surface area contributed by atoms with Gasteiger partial charge in [0.2, 0.25) is 0 Å². The van der Waals surface area contributed by atoms with E-state index in [1.54, 1.807) is 0 Å². The fourth-order valence-corrected chi connectivity index (χ4v) is 3.18. The predicted molar refractivity (Wildman–Crippen MR) is 75.0 cm³/mol. The van der Waals surface area contributed by atoms with E-state index in [-0.39, 0.29) is 5.97 Å². The molecule has 2 rings (SSSR count). The summed E-state index contributed by atoms with van der Waals surface area (Å²) in [6.45, 7) is 4.50. The van der Waals surface area contributed by atoms with Crippen LogP contribution in [0.5, 0.6) is 0 Å². The van der Waals surface area contributed by atoms with Gasteiger partial charge in [0.1, 0.15) is 4.88 Å². The van der Waals surface area contributed by atoms with Gasteiger partial charge in [-0.2, -0.15) is 0 Å². The first-order valence-electron chi connectivity index (χ1n) is 6.46. The predicted octanol–water partition coefficient (Wildman–Crippen LogP) is 2.10. The zero-order chi connectivity index (χ0) is 13.8. The highest BCUT2D eigenvalue weighted by Crippen LogP contribution is 2.27. The summed E-state index contributed by atoms with van der Waals surface area (Å²) in [5, 5.41) is 0.879. The van der Waals surface area contributed by atoms with Crippen molar-refractivity contribution in [3.63, 3.8) is 0 Å². The third kappa shape index (κ3) is 3.45. The van der Waals surface area contributed by atoms with E-state index in [0.717, 1.165) is 43.4 Å². The van der Waals surface area contributed by atoms with Crippen LogP contribution in [0.15, 0.2) is 0 Å². The maximum atomic E-state index is 11.6. The average Bonchev–Trinajstić information content (AvgIpc) is 2.81. The molecule has 6 heteroatoms. The Bertz CT molecular complexity index is 441. The van der Waals surface area contributed by atoms with E-state index in [1.165, 1.54) is 18.4 Å². The molecule has 1 aromatic heterocycles. The third-order valence-corrected chi connectivity index (χ3v) is 4.61. The minimum atomic E-state index is -0.305. The molecule has 1 aliphatic heterocycles. The number of anilines is 1. The number of hydrogen-bond acceptors (Lipinski definition) is 6. The number of rotatable bonds is 4. The number of ether oxygens (including phenoxy) is 2. The molecule has 5 nitrogen and oxygen atoms in total. The first kappa shape index (κ1) is 14.3. The molecule has 0 amide bonds. The fraction of sp³-hybridized carbons (Fsp3) is 0.692. The number of aryl methyl sites for hydroxylation is 1. The van der Waals surface area contributed by atoms with Crippen molar-refractivity contribution < 1.29 is 14.3 Å². The summed E-state index contributed by atoms with van der Waals surface area (Å²) in [6.07, 6.45) is 2.19. The van der Waals surface area contributed by atoms with Gasteiger partial charge in [0.15, 0.2) is 5.13 Å². The standard InChI is InChI=1S/C13H20N2O3S/c1-9-11(12(16)17-3)19-13(14-9)15(2)8-10-4-6-18-7-5-10/h10H,4-8H2,1-3H3. The minimum absolute atomic E-state index is 0.305. The summed E-state index contributed by atoms with van der Waals surface area (Å²) in [5.74, 6) is 0.338. The SMILES string of the molecule is COC(=O)c1sc(N(C)CC2CCOCC2)nc1C. The molecule has 0 unspecified atom stereocenters. The average molecular weight is 284 g/mol. The first-order valence-corrected chi connectivity index (χ1v) is 7.28. The molecule has 0 aromatic carbocycles. The number of carbonyl (C=O) groups is 1. The van der Waals surface area contributed by atoms with Crippen LogP contribution in [0.1, 0.15) is 28.2 Å². The van der Waals surface area contributed by atoms with Crippen LogP contribution in [0.2, 0.25) is 0 Å². The molecule has 0 aliphatic carbocycles. The Balaban J connectivity index is 2.02. The smallest absolute Gasteiger partial charge is 0.350 e. The van der Waals surface area contributed by atoms with E-state index in [2.05, 4.69) is 9.88 Å². The largest absolute Gasteiger partial charge is 0.465 e. The number of nitrogens with zero attached hydrogens (tertiary/aromatic N) is 2. The monoisotopic (exact) mass is 284 g/mol. The van der Waals surface area contributed by atoms with Crippen LogP contribution in [-0.2, 0) is 9.47 Å². The van der Waals surface area contributed by atoms with Crippen LogP contribution in [0.4, 0.5) is 5.13 Å². The molecule has 1 fully saturated rings. The lowest BCUT2D eigenvalue weighted by molar-refractivity contribution is 0.0605. The van der Waals surface area contributed by atoms with Gasteiger partial charge in [-0.25, -0.2) is 9.78 Å². The van der Waals surface area contributed by atoms with Crippen molar-refractivity contribution in [2.75, 3.05) is 38.8 Å². The molecule has 1 aliphatic rings. The van der Waals surface area contributed by atoms with Gasteiger partial charge < -0.3 is 14.4 Å². The highest BCUT2D eigenvalue weighted by Gasteiger charge is 2.20. The zero-order valence-corrected chi connectivity index (χ0v) is 12.5. The van der Waals surface area contributed by atoms with Gasteiger partial charge in [-0.3, -0.25) is 0 Å². The summed E-state index contributed by atoms with van der Waals surface area (Å²) in [7, 11) is 3.42. The molecule has 0 saturated carbocycles. The Kier molecular flexibility index (Phi) is 4.76. The van der Waals surface area contributed by atoms with Gasteiger partial charge in [0.05, 0.1) is 12.8 Å². The molecule has 0 atom stereocenters. The topological polar surface area (TPSA) is 51.7 Å². The van der Waals surface area contributed by atoms with Gasteiger partial charge >= 0.3 is 5.97 Å². The molecule has 106 valence electrons. The number of aromatic nitrogens is 1. The van der Waals surface area contributed by atoms with Crippen molar-refractivity contribution in [3.8, 4) is 0 Å². The summed E-state index contributed by atoms with van der Waals surface area (Å²) < 4.78 is 10.1. The van der Waals surface area contributed by atoms with Gasteiger partial charge in [-0.05, 0) is 25.7 Å². The van der Waals surface area contributed by atoms with E-state index in [4.69, 9.17) is 9.47 Å². The Morgan fingerprint density at radius 2 is 2.21 bits per heavy atom. The third-order valence-electron chi connectivity index (χ3n) is 3.36. The van der Waals surface area contributed by atoms with E-state index in [9.17, 15) is 4.79 Å². The molecule has 0 radical (unpaired) electrons. The van der Waals surface area contributed by atoms with Crippen molar-refractivity contribution in [1.82, 2.24) is 4.98 Å². The van der Waals surface area contributed by atoms with E-state index in [1.807, 2.05) is 14.0 Å². The first-order chi connectivity index (χ1) is 9.11. The number of esters is 1. The summed E-state index contributed by atoms with van der Waals surface area (Å²) in [5.41, 5.74) is 0.741. The number of carbonyl (C=O) groups excluding carboxylic acids is 1. The highest BCUT2D eigenvalue weighted by molar-refractivity contribution is 7.17. The maximum Gasteiger partial charge on any atom is 0.350 e. The van der Waals surface area contributed by atoms with Crippen LogP contribution in [0.3, 0.4) is 0 Å². The molecule has 0 bridgehead atoms. The van der Waals surface area contributed by atoms with Gasteiger partial charge in [-0.15, -0.1) is 0 Å².